The predicted octanol–water partition coefficient (Wildman–Crippen LogP) is 3.44. The Hall–Kier alpha value is -1.16. The lowest BCUT2D eigenvalue weighted by molar-refractivity contribution is 0.299. The van der Waals surface area contributed by atoms with E-state index in [1.54, 1.807) is 0 Å². The predicted molar refractivity (Wildman–Crippen MR) is 96.0 cm³/mol. The van der Waals surface area contributed by atoms with Crippen molar-refractivity contribution in [3.8, 4) is 0 Å². The van der Waals surface area contributed by atoms with Crippen molar-refractivity contribution >= 4 is 5.82 Å². The Morgan fingerprint density at radius 1 is 1.09 bits per heavy atom. The molecule has 0 aliphatic carbocycles. The van der Waals surface area contributed by atoms with E-state index in [0.29, 0.717) is 0 Å². The van der Waals surface area contributed by atoms with Crippen LogP contribution in [0.4, 0.5) is 5.82 Å². The Morgan fingerprint density at radius 3 is 2.52 bits per heavy atom. The zero-order valence-electron chi connectivity index (χ0n) is 14.9. The van der Waals surface area contributed by atoms with E-state index in [4.69, 9.17) is 0 Å². The number of anilines is 1. The minimum atomic E-state index is 0.909. The molecule has 0 saturated carbocycles. The number of likely N-dealkylation sites (tertiary alicyclic amines) is 1. The number of piperidine rings is 1. The van der Waals surface area contributed by atoms with Crippen LogP contribution in [0.5, 0.6) is 0 Å². The Balaban J connectivity index is 1.43. The van der Waals surface area contributed by atoms with Crippen molar-refractivity contribution in [2.75, 3.05) is 37.6 Å². The van der Waals surface area contributed by atoms with Crippen molar-refractivity contribution in [3.63, 3.8) is 0 Å². The summed E-state index contributed by atoms with van der Waals surface area (Å²) in [5.41, 5.74) is 1.17. The lowest BCUT2D eigenvalue weighted by atomic mass is 9.92. The van der Waals surface area contributed by atoms with Gasteiger partial charge in [0.15, 0.2) is 0 Å². The quantitative estimate of drug-likeness (QED) is 0.805. The molecule has 0 radical (unpaired) electrons. The van der Waals surface area contributed by atoms with E-state index >= 15 is 0 Å². The van der Waals surface area contributed by atoms with Gasteiger partial charge in [0, 0.05) is 24.8 Å². The van der Waals surface area contributed by atoms with Gasteiger partial charge in [-0.2, -0.15) is 0 Å². The van der Waals surface area contributed by atoms with Crippen LogP contribution in [0.2, 0.25) is 0 Å². The first-order valence-electron chi connectivity index (χ1n) is 9.56. The first kappa shape index (κ1) is 16.7. The fourth-order valence-electron chi connectivity index (χ4n) is 4.02. The van der Waals surface area contributed by atoms with Crippen LogP contribution in [0.3, 0.4) is 0 Å². The fraction of sp³-hybridized carbons (Fsp3) is 0.789. The molecule has 2 aliphatic heterocycles. The number of rotatable bonds is 6. The van der Waals surface area contributed by atoms with E-state index in [1.807, 2.05) is 6.92 Å². The van der Waals surface area contributed by atoms with E-state index in [2.05, 4.69) is 32.8 Å². The molecule has 3 heterocycles. The molecule has 1 aromatic rings. The molecule has 0 amide bonds. The summed E-state index contributed by atoms with van der Waals surface area (Å²) < 4.78 is 0. The molecule has 2 fully saturated rings. The summed E-state index contributed by atoms with van der Waals surface area (Å²) in [6, 6.07) is 2.18. The van der Waals surface area contributed by atoms with E-state index < -0.39 is 0 Å². The van der Waals surface area contributed by atoms with Gasteiger partial charge in [-0.25, -0.2) is 9.97 Å². The molecule has 4 heteroatoms. The maximum Gasteiger partial charge on any atom is 0.132 e. The van der Waals surface area contributed by atoms with Crippen LogP contribution in [-0.2, 0) is 6.42 Å². The van der Waals surface area contributed by atoms with Crippen LogP contribution in [0.15, 0.2) is 6.07 Å². The van der Waals surface area contributed by atoms with E-state index in [9.17, 15) is 0 Å². The molecule has 128 valence electrons. The minimum Gasteiger partial charge on any atom is -0.356 e. The maximum absolute atomic E-state index is 4.65. The monoisotopic (exact) mass is 316 g/mol. The molecule has 23 heavy (non-hydrogen) atoms. The molecule has 0 N–H and O–H groups in total. The third-order valence-corrected chi connectivity index (χ3v) is 5.46. The van der Waals surface area contributed by atoms with Gasteiger partial charge in [0.2, 0.25) is 0 Å². The molecule has 0 atom stereocenters. The molecule has 2 saturated heterocycles. The summed E-state index contributed by atoms with van der Waals surface area (Å²) in [7, 11) is 0. The zero-order valence-corrected chi connectivity index (χ0v) is 14.9. The third-order valence-electron chi connectivity index (χ3n) is 5.46. The number of aryl methyl sites for hydroxylation is 2. The highest BCUT2D eigenvalue weighted by Crippen LogP contribution is 2.26. The highest BCUT2D eigenvalue weighted by molar-refractivity contribution is 5.40. The van der Waals surface area contributed by atoms with Crippen LogP contribution in [0, 0.1) is 12.8 Å². The van der Waals surface area contributed by atoms with Crippen LogP contribution >= 0.6 is 0 Å². The number of nitrogens with zero attached hydrogens (tertiary/aromatic N) is 4. The minimum absolute atomic E-state index is 0.909. The van der Waals surface area contributed by atoms with Gasteiger partial charge in [0.1, 0.15) is 11.6 Å². The van der Waals surface area contributed by atoms with Crippen LogP contribution < -0.4 is 4.90 Å². The van der Waals surface area contributed by atoms with Crippen molar-refractivity contribution in [2.24, 2.45) is 5.92 Å². The molecule has 0 unspecified atom stereocenters. The normalized spacial score (nSPS) is 20.3. The molecule has 4 nitrogen and oxygen atoms in total. The second kappa shape index (κ2) is 8.09. The van der Waals surface area contributed by atoms with Gasteiger partial charge in [0.05, 0.1) is 0 Å². The Labute approximate surface area is 141 Å². The topological polar surface area (TPSA) is 32.3 Å². The molecule has 3 rings (SSSR count). The molecular weight excluding hydrogens is 284 g/mol. The van der Waals surface area contributed by atoms with Crippen LogP contribution in [0.25, 0.3) is 0 Å². The van der Waals surface area contributed by atoms with Gasteiger partial charge in [0.25, 0.3) is 0 Å². The van der Waals surface area contributed by atoms with Gasteiger partial charge in [-0.1, -0.05) is 6.92 Å². The van der Waals surface area contributed by atoms with E-state index in [1.165, 1.54) is 63.9 Å². The first-order valence-corrected chi connectivity index (χ1v) is 9.56. The van der Waals surface area contributed by atoms with Crippen LogP contribution in [0.1, 0.15) is 57.0 Å². The van der Waals surface area contributed by atoms with Gasteiger partial charge in [-0.3, -0.25) is 0 Å². The maximum atomic E-state index is 4.65. The van der Waals surface area contributed by atoms with Crippen molar-refractivity contribution in [1.82, 2.24) is 14.9 Å². The van der Waals surface area contributed by atoms with Crippen molar-refractivity contribution in [2.45, 2.75) is 58.8 Å². The second-order valence-electron chi connectivity index (χ2n) is 7.24. The largest absolute Gasteiger partial charge is 0.356 e. The van der Waals surface area contributed by atoms with Gasteiger partial charge >= 0.3 is 0 Å². The Kier molecular flexibility index (Phi) is 5.87. The number of hydrogen-bond acceptors (Lipinski definition) is 4. The smallest absolute Gasteiger partial charge is 0.132 e. The average Bonchev–Trinajstić information content (AvgIpc) is 3.08. The molecule has 1 aromatic heterocycles. The van der Waals surface area contributed by atoms with Crippen molar-refractivity contribution in [1.29, 1.82) is 0 Å². The second-order valence-corrected chi connectivity index (χ2v) is 7.24. The standard InChI is InChI=1S/C19H32N4/c1-3-18-15-19(21-16(2)20-18)23-13-8-17(9-14-23)7-6-12-22-10-4-5-11-22/h15,17H,3-14H2,1-2H3. The van der Waals surface area contributed by atoms with E-state index in [0.717, 1.165) is 37.1 Å². The summed E-state index contributed by atoms with van der Waals surface area (Å²) in [6.07, 6.45) is 9.26. The highest BCUT2D eigenvalue weighted by atomic mass is 15.2. The summed E-state index contributed by atoms with van der Waals surface area (Å²) in [5, 5.41) is 0. The van der Waals surface area contributed by atoms with Gasteiger partial charge < -0.3 is 9.80 Å². The lowest BCUT2D eigenvalue weighted by Gasteiger charge is -2.33. The Morgan fingerprint density at radius 2 is 1.83 bits per heavy atom. The van der Waals surface area contributed by atoms with Gasteiger partial charge in [-0.15, -0.1) is 0 Å². The van der Waals surface area contributed by atoms with Crippen LogP contribution in [-0.4, -0.2) is 47.6 Å². The number of hydrogen-bond donors (Lipinski definition) is 0. The van der Waals surface area contributed by atoms with Crippen molar-refractivity contribution in [3.05, 3.63) is 17.6 Å². The average molecular weight is 316 g/mol. The fourth-order valence-corrected chi connectivity index (χ4v) is 4.02. The lowest BCUT2D eigenvalue weighted by Crippen LogP contribution is -2.34. The summed E-state index contributed by atoms with van der Waals surface area (Å²) >= 11 is 0. The molecular formula is C19H32N4. The Bertz CT molecular complexity index is 488. The summed E-state index contributed by atoms with van der Waals surface area (Å²) in [4.78, 5) is 14.3. The molecule has 0 spiro atoms. The summed E-state index contributed by atoms with van der Waals surface area (Å²) in [5.74, 6) is 2.97. The molecule has 0 aromatic carbocycles. The first-order chi connectivity index (χ1) is 11.2. The zero-order chi connectivity index (χ0) is 16.1. The number of aromatic nitrogens is 2. The third kappa shape index (κ3) is 4.66. The SMILES string of the molecule is CCc1cc(N2CCC(CCCN3CCCC3)CC2)nc(C)n1. The molecule has 2 aliphatic rings. The molecule has 0 bridgehead atoms. The van der Waals surface area contributed by atoms with Crippen molar-refractivity contribution < 1.29 is 0 Å². The van der Waals surface area contributed by atoms with Gasteiger partial charge in [-0.05, 0) is 77.4 Å². The highest BCUT2D eigenvalue weighted by Gasteiger charge is 2.21. The van der Waals surface area contributed by atoms with E-state index in [-0.39, 0.29) is 0 Å². The summed E-state index contributed by atoms with van der Waals surface area (Å²) in [6.45, 7) is 10.5.